The molecule has 6 heteroatoms. The molecule has 1 aliphatic rings. The summed E-state index contributed by atoms with van der Waals surface area (Å²) in [6.07, 6.45) is 3.02. The van der Waals surface area contributed by atoms with Crippen molar-refractivity contribution in [1.29, 1.82) is 0 Å². The molecule has 1 atom stereocenters. The standard InChI is InChI=1S/C14H18ClFN2O.ClH/c15-13-8-11(16)3-4-12(13)14(19)18-7-1-2-10(9-18)5-6-17;/h3-4,8,10H,1-2,5-7,9,17H2;1H. The minimum absolute atomic E-state index is 0. The van der Waals surface area contributed by atoms with Gasteiger partial charge in [0.15, 0.2) is 0 Å². The SMILES string of the molecule is Cl.NCCC1CCCN(C(=O)c2ccc(F)cc2Cl)C1. The van der Waals surface area contributed by atoms with Gasteiger partial charge in [0, 0.05) is 13.1 Å². The van der Waals surface area contributed by atoms with Crippen molar-refractivity contribution in [2.24, 2.45) is 11.7 Å². The zero-order valence-electron chi connectivity index (χ0n) is 11.1. The first kappa shape index (κ1) is 17.2. The van der Waals surface area contributed by atoms with Gasteiger partial charge in [-0.05, 0) is 49.9 Å². The van der Waals surface area contributed by atoms with Gasteiger partial charge in [0.05, 0.1) is 10.6 Å². The molecule has 3 nitrogen and oxygen atoms in total. The van der Waals surface area contributed by atoms with E-state index in [1.165, 1.54) is 18.2 Å². The summed E-state index contributed by atoms with van der Waals surface area (Å²) in [6.45, 7) is 2.08. The molecular formula is C14H19Cl2FN2O. The van der Waals surface area contributed by atoms with Crippen molar-refractivity contribution in [1.82, 2.24) is 4.90 Å². The summed E-state index contributed by atoms with van der Waals surface area (Å²) in [7, 11) is 0. The Balaban J connectivity index is 0.00000200. The van der Waals surface area contributed by atoms with E-state index in [9.17, 15) is 9.18 Å². The van der Waals surface area contributed by atoms with Crippen molar-refractivity contribution >= 4 is 29.9 Å². The second-order valence-electron chi connectivity index (χ2n) is 4.96. The Labute approximate surface area is 129 Å². The van der Waals surface area contributed by atoms with Crippen LogP contribution in [0.5, 0.6) is 0 Å². The number of carbonyl (C=O) groups excluding carboxylic acids is 1. The highest BCUT2D eigenvalue weighted by atomic mass is 35.5. The smallest absolute Gasteiger partial charge is 0.255 e. The maximum Gasteiger partial charge on any atom is 0.255 e. The van der Waals surface area contributed by atoms with Crippen LogP contribution in [0.4, 0.5) is 4.39 Å². The van der Waals surface area contributed by atoms with Gasteiger partial charge in [0.25, 0.3) is 5.91 Å². The molecule has 2 rings (SSSR count). The molecule has 1 heterocycles. The van der Waals surface area contributed by atoms with Gasteiger partial charge in [-0.2, -0.15) is 0 Å². The fourth-order valence-corrected chi connectivity index (χ4v) is 2.80. The summed E-state index contributed by atoms with van der Waals surface area (Å²) in [4.78, 5) is 14.2. The highest BCUT2D eigenvalue weighted by Gasteiger charge is 2.25. The second kappa shape index (κ2) is 7.81. The molecule has 1 unspecified atom stereocenters. The topological polar surface area (TPSA) is 46.3 Å². The van der Waals surface area contributed by atoms with Gasteiger partial charge in [-0.25, -0.2) is 4.39 Å². The number of likely N-dealkylation sites (tertiary alicyclic amines) is 1. The van der Waals surface area contributed by atoms with Crippen molar-refractivity contribution in [2.45, 2.75) is 19.3 Å². The largest absolute Gasteiger partial charge is 0.338 e. The van der Waals surface area contributed by atoms with Crippen LogP contribution < -0.4 is 5.73 Å². The maximum absolute atomic E-state index is 13.0. The fraction of sp³-hybridized carbons (Fsp3) is 0.500. The van der Waals surface area contributed by atoms with Crippen LogP contribution in [0.2, 0.25) is 5.02 Å². The number of carbonyl (C=O) groups is 1. The highest BCUT2D eigenvalue weighted by molar-refractivity contribution is 6.33. The third-order valence-corrected chi connectivity index (χ3v) is 3.86. The lowest BCUT2D eigenvalue weighted by Crippen LogP contribution is -2.40. The first-order valence-electron chi connectivity index (χ1n) is 6.56. The van der Waals surface area contributed by atoms with Crippen LogP contribution in [0.1, 0.15) is 29.6 Å². The van der Waals surface area contributed by atoms with E-state index in [4.69, 9.17) is 17.3 Å². The van der Waals surface area contributed by atoms with Gasteiger partial charge in [-0.1, -0.05) is 11.6 Å². The molecule has 1 fully saturated rings. The van der Waals surface area contributed by atoms with E-state index in [2.05, 4.69) is 0 Å². The Morgan fingerprint density at radius 2 is 2.25 bits per heavy atom. The van der Waals surface area contributed by atoms with E-state index < -0.39 is 5.82 Å². The van der Waals surface area contributed by atoms with Crippen molar-refractivity contribution < 1.29 is 9.18 Å². The van der Waals surface area contributed by atoms with E-state index in [0.717, 1.165) is 25.8 Å². The minimum Gasteiger partial charge on any atom is -0.338 e. The molecule has 1 aliphatic heterocycles. The van der Waals surface area contributed by atoms with Gasteiger partial charge in [-0.15, -0.1) is 12.4 Å². The molecular weight excluding hydrogens is 302 g/mol. The van der Waals surface area contributed by atoms with E-state index in [1.54, 1.807) is 4.90 Å². The quantitative estimate of drug-likeness (QED) is 0.930. The Hall–Kier alpha value is -0.840. The fourth-order valence-electron chi connectivity index (χ4n) is 2.55. The van der Waals surface area contributed by atoms with Crippen molar-refractivity contribution in [2.75, 3.05) is 19.6 Å². The Morgan fingerprint density at radius 3 is 2.90 bits per heavy atom. The van der Waals surface area contributed by atoms with Crippen molar-refractivity contribution in [3.63, 3.8) is 0 Å². The average Bonchev–Trinajstić information content (AvgIpc) is 2.39. The number of amides is 1. The first-order chi connectivity index (χ1) is 9.11. The van der Waals surface area contributed by atoms with E-state index >= 15 is 0 Å². The maximum atomic E-state index is 13.0. The Kier molecular flexibility index (Phi) is 6.72. The van der Waals surface area contributed by atoms with Gasteiger partial charge in [0.1, 0.15) is 5.82 Å². The van der Waals surface area contributed by atoms with Crippen LogP contribution in [-0.4, -0.2) is 30.4 Å². The van der Waals surface area contributed by atoms with Crippen molar-refractivity contribution in [3.8, 4) is 0 Å². The molecule has 0 saturated carbocycles. The zero-order chi connectivity index (χ0) is 13.8. The monoisotopic (exact) mass is 320 g/mol. The summed E-state index contributed by atoms with van der Waals surface area (Å²) in [6, 6.07) is 3.89. The van der Waals surface area contributed by atoms with Gasteiger partial charge >= 0.3 is 0 Å². The number of halogens is 3. The second-order valence-corrected chi connectivity index (χ2v) is 5.37. The number of piperidine rings is 1. The molecule has 0 radical (unpaired) electrons. The number of nitrogens with zero attached hydrogens (tertiary/aromatic N) is 1. The van der Waals surface area contributed by atoms with Crippen LogP contribution in [0.15, 0.2) is 18.2 Å². The first-order valence-corrected chi connectivity index (χ1v) is 6.94. The van der Waals surface area contributed by atoms with Gasteiger partial charge in [0.2, 0.25) is 0 Å². The van der Waals surface area contributed by atoms with E-state index in [0.29, 0.717) is 24.6 Å². The van der Waals surface area contributed by atoms with Gasteiger partial charge in [-0.3, -0.25) is 4.79 Å². The highest BCUT2D eigenvalue weighted by Crippen LogP contribution is 2.24. The predicted octanol–water partition coefficient (Wildman–Crippen LogP) is 3.10. The number of hydrogen-bond acceptors (Lipinski definition) is 2. The van der Waals surface area contributed by atoms with E-state index in [1.807, 2.05) is 0 Å². The average molecular weight is 321 g/mol. The molecule has 1 aromatic carbocycles. The molecule has 0 bridgehead atoms. The molecule has 2 N–H and O–H groups in total. The number of hydrogen-bond donors (Lipinski definition) is 1. The van der Waals surface area contributed by atoms with Crippen LogP contribution in [0.3, 0.4) is 0 Å². The lowest BCUT2D eigenvalue weighted by atomic mass is 9.94. The number of nitrogens with two attached hydrogens (primary N) is 1. The molecule has 0 spiro atoms. The lowest BCUT2D eigenvalue weighted by molar-refractivity contribution is 0.0669. The summed E-state index contributed by atoms with van der Waals surface area (Å²) < 4.78 is 13.0. The van der Waals surface area contributed by atoms with E-state index in [-0.39, 0.29) is 23.3 Å². The zero-order valence-corrected chi connectivity index (χ0v) is 12.7. The number of rotatable bonds is 3. The normalized spacial score (nSPS) is 18.6. The molecule has 1 saturated heterocycles. The minimum atomic E-state index is -0.429. The molecule has 0 aliphatic carbocycles. The van der Waals surface area contributed by atoms with Crippen LogP contribution in [-0.2, 0) is 0 Å². The summed E-state index contributed by atoms with van der Waals surface area (Å²) in [5, 5.41) is 0.172. The summed E-state index contributed by atoms with van der Waals surface area (Å²) in [5.41, 5.74) is 5.94. The lowest BCUT2D eigenvalue weighted by Gasteiger charge is -2.32. The number of benzene rings is 1. The van der Waals surface area contributed by atoms with Gasteiger partial charge < -0.3 is 10.6 Å². The molecule has 112 valence electrons. The Morgan fingerprint density at radius 1 is 1.50 bits per heavy atom. The van der Waals surface area contributed by atoms with Crippen LogP contribution in [0.25, 0.3) is 0 Å². The van der Waals surface area contributed by atoms with Crippen LogP contribution >= 0.6 is 24.0 Å². The Bertz CT molecular complexity index is 468. The van der Waals surface area contributed by atoms with Crippen molar-refractivity contribution in [3.05, 3.63) is 34.6 Å². The third-order valence-electron chi connectivity index (χ3n) is 3.54. The summed E-state index contributed by atoms with van der Waals surface area (Å²) in [5.74, 6) is -0.0881. The molecule has 1 amide bonds. The molecule has 0 aromatic heterocycles. The summed E-state index contributed by atoms with van der Waals surface area (Å²) >= 11 is 5.93. The molecule has 1 aromatic rings. The van der Waals surface area contributed by atoms with Crippen LogP contribution in [0, 0.1) is 11.7 Å². The third kappa shape index (κ3) is 4.08. The predicted molar refractivity (Wildman–Crippen MR) is 81.0 cm³/mol. The molecule has 20 heavy (non-hydrogen) atoms.